The second-order valence-electron chi connectivity index (χ2n) is 8.02. The lowest BCUT2D eigenvalue weighted by Crippen LogP contribution is -2.41. The number of likely N-dealkylation sites (tertiary alicyclic amines) is 1. The molecule has 0 unspecified atom stereocenters. The molecule has 1 aromatic carbocycles. The SMILES string of the molecule is O=C(Nc1ccc2c(c1)OCCO2)[C@@H]1[C@H]2C(=O)N(Cc3ccco3)C[C@@]23C=C[C@H]1O3. The molecule has 0 saturated carbocycles. The Kier molecular flexibility index (Phi) is 3.73. The molecule has 0 aliphatic carbocycles. The Morgan fingerprint density at radius 2 is 2.07 bits per heavy atom. The van der Waals surface area contributed by atoms with E-state index in [0.717, 1.165) is 0 Å². The Hall–Kier alpha value is -3.26. The highest BCUT2D eigenvalue weighted by atomic mass is 16.6. The van der Waals surface area contributed by atoms with Gasteiger partial charge < -0.3 is 28.8 Å². The zero-order valence-corrected chi connectivity index (χ0v) is 16.1. The van der Waals surface area contributed by atoms with Gasteiger partial charge in [-0.3, -0.25) is 9.59 Å². The molecule has 4 atom stereocenters. The highest BCUT2D eigenvalue weighted by Gasteiger charge is 2.66. The number of hydrogen-bond acceptors (Lipinski definition) is 6. The minimum Gasteiger partial charge on any atom is -0.486 e. The summed E-state index contributed by atoms with van der Waals surface area (Å²) in [5.41, 5.74) is -0.147. The van der Waals surface area contributed by atoms with E-state index in [4.69, 9.17) is 18.6 Å². The molecule has 2 fully saturated rings. The predicted molar refractivity (Wildman–Crippen MR) is 104 cm³/mol. The van der Waals surface area contributed by atoms with Gasteiger partial charge in [-0.2, -0.15) is 0 Å². The van der Waals surface area contributed by atoms with Crippen molar-refractivity contribution in [3.8, 4) is 11.5 Å². The lowest BCUT2D eigenvalue weighted by atomic mass is 9.77. The van der Waals surface area contributed by atoms with Crippen LogP contribution in [0.3, 0.4) is 0 Å². The summed E-state index contributed by atoms with van der Waals surface area (Å²) >= 11 is 0. The smallest absolute Gasteiger partial charge is 0.231 e. The Balaban J connectivity index is 1.23. The van der Waals surface area contributed by atoms with Crippen molar-refractivity contribution in [2.75, 3.05) is 25.1 Å². The fourth-order valence-corrected chi connectivity index (χ4v) is 4.95. The number of anilines is 1. The summed E-state index contributed by atoms with van der Waals surface area (Å²) in [7, 11) is 0. The number of fused-ring (bicyclic) bond motifs is 2. The molecule has 1 spiro atoms. The number of nitrogens with zero attached hydrogens (tertiary/aromatic N) is 1. The van der Waals surface area contributed by atoms with Crippen LogP contribution < -0.4 is 14.8 Å². The lowest BCUT2D eigenvalue weighted by Gasteiger charge is -2.24. The third-order valence-electron chi connectivity index (χ3n) is 6.22. The molecule has 2 amide bonds. The van der Waals surface area contributed by atoms with E-state index in [1.54, 1.807) is 35.4 Å². The first-order valence-electron chi connectivity index (χ1n) is 10.0. The molecule has 1 aromatic heterocycles. The van der Waals surface area contributed by atoms with E-state index in [1.807, 2.05) is 18.2 Å². The van der Waals surface area contributed by atoms with Gasteiger partial charge in [-0.25, -0.2) is 0 Å². The van der Waals surface area contributed by atoms with Gasteiger partial charge >= 0.3 is 0 Å². The maximum atomic E-state index is 13.2. The van der Waals surface area contributed by atoms with Gasteiger partial charge in [-0.05, 0) is 24.3 Å². The summed E-state index contributed by atoms with van der Waals surface area (Å²) in [6.07, 6.45) is 5.02. The molecule has 0 radical (unpaired) electrons. The van der Waals surface area contributed by atoms with Crippen molar-refractivity contribution in [2.24, 2.45) is 11.8 Å². The molecule has 1 N–H and O–H groups in total. The second kappa shape index (κ2) is 6.37. The van der Waals surface area contributed by atoms with E-state index < -0.39 is 23.5 Å². The fourth-order valence-electron chi connectivity index (χ4n) is 4.95. The Morgan fingerprint density at radius 1 is 1.20 bits per heavy atom. The van der Waals surface area contributed by atoms with Crippen LogP contribution in [0.5, 0.6) is 11.5 Å². The third kappa shape index (κ3) is 2.56. The topological polar surface area (TPSA) is 90.2 Å². The van der Waals surface area contributed by atoms with Crippen molar-refractivity contribution in [3.05, 3.63) is 54.5 Å². The first-order chi connectivity index (χ1) is 14.6. The highest BCUT2D eigenvalue weighted by molar-refractivity contribution is 5.99. The first kappa shape index (κ1) is 17.6. The molecule has 30 heavy (non-hydrogen) atoms. The van der Waals surface area contributed by atoms with Gasteiger partial charge in [0.1, 0.15) is 24.6 Å². The molecular weight excluding hydrogens is 388 g/mol. The number of carbonyl (C=O) groups is 2. The predicted octanol–water partition coefficient (Wildman–Crippen LogP) is 1.97. The minimum atomic E-state index is -0.747. The summed E-state index contributed by atoms with van der Waals surface area (Å²) in [6.45, 7) is 1.76. The van der Waals surface area contributed by atoms with E-state index in [1.165, 1.54) is 0 Å². The number of amides is 2. The fraction of sp³-hybridized carbons (Fsp3) is 0.364. The molecule has 6 rings (SSSR count). The van der Waals surface area contributed by atoms with Crippen LogP contribution in [0, 0.1) is 11.8 Å². The Morgan fingerprint density at radius 3 is 2.90 bits per heavy atom. The van der Waals surface area contributed by atoms with Gasteiger partial charge in [-0.15, -0.1) is 0 Å². The molecule has 2 bridgehead atoms. The average molecular weight is 408 g/mol. The average Bonchev–Trinajstić information content (AvgIpc) is 3.51. The van der Waals surface area contributed by atoms with Gasteiger partial charge in [0.2, 0.25) is 11.8 Å². The van der Waals surface area contributed by atoms with Crippen molar-refractivity contribution in [3.63, 3.8) is 0 Å². The number of benzene rings is 1. The number of carbonyl (C=O) groups excluding carboxylic acids is 2. The van der Waals surface area contributed by atoms with Crippen LogP contribution in [-0.4, -0.2) is 48.2 Å². The van der Waals surface area contributed by atoms with Gasteiger partial charge in [0.15, 0.2) is 11.5 Å². The van der Waals surface area contributed by atoms with E-state index >= 15 is 0 Å². The lowest BCUT2D eigenvalue weighted by molar-refractivity contribution is -0.136. The van der Waals surface area contributed by atoms with Crippen LogP contribution in [-0.2, 0) is 20.9 Å². The van der Waals surface area contributed by atoms with Crippen LogP contribution in [0.25, 0.3) is 0 Å². The van der Waals surface area contributed by atoms with Gasteiger partial charge in [0.25, 0.3) is 0 Å². The van der Waals surface area contributed by atoms with Crippen molar-refractivity contribution in [1.29, 1.82) is 0 Å². The van der Waals surface area contributed by atoms with Crippen LogP contribution >= 0.6 is 0 Å². The van der Waals surface area contributed by atoms with E-state index in [-0.39, 0.29) is 11.8 Å². The van der Waals surface area contributed by atoms with Crippen molar-refractivity contribution in [2.45, 2.75) is 18.2 Å². The second-order valence-corrected chi connectivity index (χ2v) is 8.02. The van der Waals surface area contributed by atoms with Gasteiger partial charge in [-0.1, -0.05) is 12.2 Å². The highest BCUT2D eigenvalue weighted by Crippen LogP contribution is 2.52. The maximum Gasteiger partial charge on any atom is 0.231 e. The molecule has 2 saturated heterocycles. The molecule has 154 valence electrons. The summed E-state index contributed by atoms with van der Waals surface area (Å²) in [5.74, 6) is 0.513. The maximum absolute atomic E-state index is 13.2. The molecule has 2 aromatic rings. The quantitative estimate of drug-likeness (QED) is 0.778. The normalized spacial score (nSPS) is 30.6. The van der Waals surface area contributed by atoms with Gasteiger partial charge in [0, 0.05) is 11.8 Å². The van der Waals surface area contributed by atoms with Gasteiger partial charge in [0.05, 0.1) is 37.3 Å². The minimum absolute atomic E-state index is 0.0828. The Bertz CT molecular complexity index is 1050. The molecule has 8 nitrogen and oxygen atoms in total. The number of hydrogen-bond donors (Lipinski definition) is 1. The van der Waals surface area contributed by atoms with E-state index in [0.29, 0.717) is 49.2 Å². The van der Waals surface area contributed by atoms with Crippen LogP contribution in [0.15, 0.2) is 53.2 Å². The molecule has 4 aliphatic heterocycles. The standard InChI is InChI=1S/C22H20N2O6/c25-20(23-13-3-4-15-17(10-13)29-9-8-28-15)18-16-5-6-22(30-16)12-24(21(26)19(18)22)11-14-2-1-7-27-14/h1-7,10,16,18-19H,8-9,11-12H2,(H,23,25)/t16-,18+,19+,22+/m1/s1. The van der Waals surface area contributed by atoms with Crippen LogP contribution in [0.2, 0.25) is 0 Å². The summed E-state index contributed by atoms with van der Waals surface area (Å²) in [5, 5.41) is 2.93. The first-order valence-corrected chi connectivity index (χ1v) is 10.0. The van der Waals surface area contributed by atoms with E-state index in [9.17, 15) is 9.59 Å². The summed E-state index contributed by atoms with van der Waals surface area (Å²) in [6, 6.07) is 8.91. The van der Waals surface area contributed by atoms with Crippen molar-refractivity contribution >= 4 is 17.5 Å². The summed E-state index contributed by atoms with van der Waals surface area (Å²) in [4.78, 5) is 28.1. The molecular formula is C22H20N2O6. The van der Waals surface area contributed by atoms with Crippen LogP contribution in [0.1, 0.15) is 5.76 Å². The van der Waals surface area contributed by atoms with Crippen LogP contribution in [0.4, 0.5) is 5.69 Å². The third-order valence-corrected chi connectivity index (χ3v) is 6.22. The Labute approximate surface area is 172 Å². The number of nitrogens with one attached hydrogen (secondary N) is 1. The largest absolute Gasteiger partial charge is 0.486 e. The van der Waals surface area contributed by atoms with Crippen molar-refractivity contribution in [1.82, 2.24) is 4.90 Å². The summed E-state index contributed by atoms with van der Waals surface area (Å²) < 4.78 is 22.7. The van der Waals surface area contributed by atoms with E-state index in [2.05, 4.69) is 5.32 Å². The monoisotopic (exact) mass is 408 g/mol. The molecule has 4 aliphatic rings. The molecule has 8 heteroatoms. The number of ether oxygens (including phenoxy) is 3. The zero-order chi connectivity index (χ0) is 20.3. The van der Waals surface area contributed by atoms with Crippen molar-refractivity contribution < 1.29 is 28.2 Å². The molecule has 5 heterocycles. The zero-order valence-electron chi connectivity index (χ0n) is 16.1. The number of rotatable bonds is 4. The number of furan rings is 1.